The van der Waals surface area contributed by atoms with Gasteiger partial charge in [-0.05, 0) is 25.5 Å². The SMILES string of the molecule is CCC(N[C@H](C)c1ccccc1F)c1ccccc1O. The highest BCUT2D eigenvalue weighted by Crippen LogP contribution is 2.28. The Morgan fingerprint density at radius 2 is 1.65 bits per heavy atom. The molecule has 0 amide bonds. The zero-order chi connectivity index (χ0) is 14.5. The summed E-state index contributed by atoms with van der Waals surface area (Å²) in [5, 5.41) is 13.3. The fourth-order valence-electron chi connectivity index (χ4n) is 2.43. The molecule has 0 saturated heterocycles. The smallest absolute Gasteiger partial charge is 0.127 e. The second-order valence-electron chi connectivity index (χ2n) is 4.93. The second-order valence-corrected chi connectivity index (χ2v) is 4.93. The Morgan fingerprint density at radius 3 is 2.25 bits per heavy atom. The molecule has 0 saturated carbocycles. The van der Waals surface area contributed by atoms with Crippen LogP contribution in [0.3, 0.4) is 0 Å². The summed E-state index contributed by atoms with van der Waals surface area (Å²) in [6.07, 6.45) is 0.816. The van der Waals surface area contributed by atoms with Crippen LogP contribution in [0.4, 0.5) is 4.39 Å². The van der Waals surface area contributed by atoms with Crippen LogP contribution in [0.2, 0.25) is 0 Å². The van der Waals surface area contributed by atoms with Gasteiger partial charge in [-0.1, -0.05) is 43.3 Å². The standard InChI is InChI=1S/C17H20FNO/c1-3-16(14-9-5-7-11-17(14)20)19-12(2)13-8-4-6-10-15(13)18/h4-12,16,19-20H,3H2,1-2H3/t12-,16?/m1/s1. The predicted octanol–water partition coefficient (Wildman–Crippen LogP) is 4.33. The van der Waals surface area contributed by atoms with E-state index < -0.39 is 0 Å². The van der Waals surface area contributed by atoms with Gasteiger partial charge in [0.25, 0.3) is 0 Å². The van der Waals surface area contributed by atoms with Crippen molar-refractivity contribution in [1.29, 1.82) is 0 Å². The van der Waals surface area contributed by atoms with Gasteiger partial charge in [-0.25, -0.2) is 4.39 Å². The molecule has 2 aromatic carbocycles. The Hall–Kier alpha value is -1.87. The number of phenols is 1. The summed E-state index contributed by atoms with van der Waals surface area (Å²) in [5.74, 6) is 0.0622. The number of halogens is 1. The van der Waals surface area contributed by atoms with Gasteiger partial charge in [0.05, 0.1) is 0 Å². The largest absolute Gasteiger partial charge is 0.508 e. The fraction of sp³-hybridized carbons (Fsp3) is 0.294. The van der Waals surface area contributed by atoms with E-state index in [1.807, 2.05) is 32.0 Å². The Bertz CT molecular complexity index is 570. The van der Waals surface area contributed by atoms with Crippen LogP contribution in [0.1, 0.15) is 43.5 Å². The van der Waals surface area contributed by atoms with Crippen LogP contribution in [0.5, 0.6) is 5.75 Å². The molecule has 20 heavy (non-hydrogen) atoms. The van der Waals surface area contributed by atoms with E-state index in [1.165, 1.54) is 6.07 Å². The van der Waals surface area contributed by atoms with Crippen LogP contribution in [0.25, 0.3) is 0 Å². The summed E-state index contributed by atoms with van der Waals surface area (Å²) in [6, 6.07) is 13.9. The summed E-state index contributed by atoms with van der Waals surface area (Å²) in [7, 11) is 0. The van der Waals surface area contributed by atoms with Crippen molar-refractivity contribution in [3.63, 3.8) is 0 Å². The number of nitrogens with one attached hydrogen (secondary N) is 1. The maximum atomic E-state index is 13.8. The lowest BCUT2D eigenvalue weighted by Crippen LogP contribution is -2.25. The molecule has 1 unspecified atom stereocenters. The first kappa shape index (κ1) is 14.5. The molecule has 0 radical (unpaired) electrons. The van der Waals surface area contributed by atoms with Gasteiger partial charge in [0.15, 0.2) is 0 Å². The summed E-state index contributed by atoms with van der Waals surface area (Å²) >= 11 is 0. The van der Waals surface area contributed by atoms with E-state index in [2.05, 4.69) is 5.32 Å². The minimum atomic E-state index is -0.209. The third-order valence-electron chi connectivity index (χ3n) is 3.54. The topological polar surface area (TPSA) is 32.3 Å². The van der Waals surface area contributed by atoms with Crippen LogP contribution in [-0.4, -0.2) is 5.11 Å². The first-order chi connectivity index (χ1) is 9.63. The van der Waals surface area contributed by atoms with Gasteiger partial charge < -0.3 is 10.4 Å². The number of aromatic hydroxyl groups is 1. The number of para-hydroxylation sites is 1. The van der Waals surface area contributed by atoms with Gasteiger partial charge in [0.1, 0.15) is 11.6 Å². The third-order valence-corrected chi connectivity index (χ3v) is 3.54. The van der Waals surface area contributed by atoms with Crippen LogP contribution in [0.15, 0.2) is 48.5 Å². The molecule has 3 heteroatoms. The van der Waals surface area contributed by atoms with Crippen LogP contribution < -0.4 is 5.32 Å². The lowest BCUT2D eigenvalue weighted by molar-refractivity contribution is 0.413. The third kappa shape index (κ3) is 3.17. The minimum Gasteiger partial charge on any atom is -0.508 e. The lowest BCUT2D eigenvalue weighted by atomic mass is 10.0. The number of benzene rings is 2. The molecule has 0 bridgehead atoms. The number of hydrogen-bond acceptors (Lipinski definition) is 2. The van der Waals surface area contributed by atoms with Crippen molar-refractivity contribution >= 4 is 0 Å². The number of phenolic OH excluding ortho intramolecular Hbond substituents is 1. The zero-order valence-corrected chi connectivity index (χ0v) is 11.8. The van der Waals surface area contributed by atoms with E-state index in [9.17, 15) is 9.50 Å². The number of rotatable bonds is 5. The monoisotopic (exact) mass is 273 g/mol. The minimum absolute atomic E-state index is 0.00851. The summed E-state index contributed by atoms with van der Waals surface area (Å²) in [5.41, 5.74) is 1.49. The number of hydrogen-bond donors (Lipinski definition) is 2. The van der Waals surface area contributed by atoms with Crippen molar-refractivity contribution in [3.05, 3.63) is 65.5 Å². The van der Waals surface area contributed by atoms with Gasteiger partial charge in [-0.2, -0.15) is 0 Å². The molecule has 0 aliphatic rings. The highest BCUT2D eigenvalue weighted by Gasteiger charge is 2.18. The van der Waals surface area contributed by atoms with Gasteiger partial charge in [-0.3, -0.25) is 0 Å². The van der Waals surface area contributed by atoms with Gasteiger partial charge in [0, 0.05) is 23.2 Å². The Labute approximate surface area is 119 Å². The molecule has 0 heterocycles. The average molecular weight is 273 g/mol. The lowest BCUT2D eigenvalue weighted by Gasteiger charge is -2.24. The van der Waals surface area contributed by atoms with Crippen LogP contribution >= 0.6 is 0 Å². The van der Waals surface area contributed by atoms with Gasteiger partial charge >= 0.3 is 0 Å². The molecule has 2 rings (SSSR count). The first-order valence-corrected chi connectivity index (χ1v) is 6.91. The molecular formula is C17H20FNO. The van der Waals surface area contributed by atoms with Crippen molar-refractivity contribution in [1.82, 2.24) is 5.32 Å². The Kier molecular flexibility index (Phi) is 4.74. The summed E-state index contributed by atoms with van der Waals surface area (Å²) in [4.78, 5) is 0. The molecule has 2 N–H and O–H groups in total. The van der Waals surface area contributed by atoms with Crippen molar-refractivity contribution in [2.75, 3.05) is 0 Å². The van der Waals surface area contributed by atoms with Crippen molar-refractivity contribution in [2.45, 2.75) is 32.4 Å². The molecule has 0 aromatic heterocycles. The zero-order valence-electron chi connectivity index (χ0n) is 11.8. The molecule has 106 valence electrons. The Morgan fingerprint density at radius 1 is 1.05 bits per heavy atom. The van der Waals surface area contributed by atoms with E-state index in [1.54, 1.807) is 24.3 Å². The second kappa shape index (κ2) is 6.53. The summed E-state index contributed by atoms with van der Waals surface area (Å²) in [6.45, 7) is 3.97. The van der Waals surface area contributed by atoms with Gasteiger partial charge in [0.2, 0.25) is 0 Å². The molecule has 2 atom stereocenters. The highest BCUT2D eigenvalue weighted by molar-refractivity contribution is 5.35. The van der Waals surface area contributed by atoms with Crippen molar-refractivity contribution in [3.8, 4) is 5.75 Å². The molecule has 0 fully saturated rings. The van der Waals surface area contributed by atoms with Gasteiger partial charge in [-0.15, -0.1) is 0 Å². The van der Waals surface area contributed by atoms with Crippen LogP contribution in [-0.2, 0) is 0 Å². The summed E-state index contributed by atoms with van der Waals surface area (Å²) < 4.78 is 13.8. The molecule has 2 nitrogen and oxygen atoms in total. The Balaban J connectivity index is 2.19. The van der Waals surface area contributed by atoms with E-state index >= 15 is 0 Å². The average Bonchev–Trinajstić information content (AvgIpc) is 2.46. The van der Waals surface area contributed by atoms with E-state index in [-0.39, 0.29) is 23.7 Å². The first-order valence-electron chi connectivity index (χ1n) is 6.91. The van der Waals surface area contributed by atoms with E-state index in [0.29, 0.717) is 5.56 Å². The maximum Gasteiger partial charge on any atom is 0.127 e. The molecular weight excluding hydrogens is 253 g/mol. The fourth-order valence-corrected chi connectivity index (χ4v) is 2.43. The quantitative estimate of drug-likeness (QED) is 0.849. The van der Waals surface area contributed by atoms with E-state index in [0.717, 1.165) is 12.0 Å². The predicted molar refractivity (Wildman–Crippen MR) is 79.1 cm³/mol. The molecule has 0 aliphatic carbocycles. The highest BCUT2D eigenvalue weighted by atomic mass is 19.1. The molecule has 2 aromatic rings. The molecule has 0 spiro atoms. The van der Waals surface area contributed by atoms with Crippen molar-refractivity contribution in [2.24, 2.45) is 0 Å². The molecule has 0 aliphatic heterocycles. The normalized spacial score (nSPS) is 13.9. The van der Waals surface area contributed by atoms with Crippen LogP contribution in [0, 0.1) is 5.82 Å². The van der Waals surface area contributed by atoms with Crippen molar-refractivity contribution < 1.29 is 9.50 Å². The van der Waals surface area contributed by atoms with E-state index in [4.69, 9.17) is 0 Å². The maximum absolute atomic E-state index is 13.8.